The molecule has 1 saturated carbocycles. The molecular formula is C18H30N2O. The number of rotatable bonds is 8. The highest BCUT2D eigenvalue weighted by Crippen LogP contribution is 2.34. The topological polar surface area (TPSA) is 38.5 Å². The van der Waals surface area contributed by atoms with Gasteiger partial charge in [0, 0.05) is 18.6 Å². The van der Waals surface area contributed by atoms with Gasteiger partial charge >= 0.3 is 0 Å². The van der Waals surface area contributed by atoms with Crippen LogP contribution in [0.1, 0.15) is 44.6 Å². The summed E-state index contributed by atoms with van der Waals surface area (Å²) in [4.78, 5) is 2.66. The van der Waals surface area contributed by atoms with Gasteiger partial charge in [0.1, 0.15) is 5.75 Å². The molecule has 2 rings (SSSR count). The molecule has 1 aromatic rings. The fraction of sp³-hybridized carbons (Fsp3) is 0.667. The number of ether oxygens (including phenoxy) is 1. The molecule has 3 nitrogen and oxygen atoms in total. The SMILES string of the molecule is CCCN(CCc1ccc(OC)cc1)C1(CN)CCCC1. The van der Waals surface area contributed by atoms with Gasteiger partial charge in [-0.1, -0.05) is 31.9 Å². The quantitative estimate of drug-likeness (QED) is 0.799. The van der Waals surface area contributed by atoms with Crippen molar-refractivity contribution >= 4 is 0 Å². The monoisotopic (exact) mass is 290 g/mol. The van der Waals surface area contributed by atoms with Crippen LogP contribution in [-0.4, -0.2) is 37.2 Å². The summed E-state index contributed by atoms with van der Waals surface area (Å²) in [6.45, 7) is 5.33. The van der Waals surface area contributed by atoms with E-state index in [0.717, 1.165) is 31.8 Å². The Morgan fingerprint density at radius 3 is 2.33 bits per heavy atom. The molecule has 0 saturated heterocycles. The summed E-state index contributed by atoms with van der Waals surface area (Å²) in [5.41, 5.74) is 7.79. The Kier molecular flexibility index (Phi) is 6.07. The van der Waals surface area contributed by atoms with E-state index in [-0.39, 0.29) is 5.54 Å². The first-order chi connectivity index (χ1) is 10.2. The zero-order chi connectivity index (χ0) is 15.1. The molecule has 0 heterocycles. The molecule has 1 aromatic carbocycles. The van der Waals surface area contributed by atoms with Crippen molar-refractivity contribution in [3.8, 4) is 5.75 Å². The van der Waals surface area contributed by atoms with E-state index in [0.29, 0.717) is 0 Å². The molecule has 2 N–H and O–H groups in total. The summed E-state index contributed by atoms with van der Waals surface area (Å²) in [6, 6.07) is 8.45. The number of methoxy groups -OCH3 is 1. The second kappa shape index (κ2) is 7.81. The first-order valence-corrected chi connectivity index (χ1v) is 8.32. The highest BCUT2D eigenvalue weighted by atomic mass is 16.5. The predicted octanol–water partition coefficient (Wildman–Crippen LogP) is 3.22. The number of benzene rings is 1. The van der Waals surface area contributed by atoms with Crippen molar-refractivity contribution < 1.29 is 4.74 Å². The molecule has 1 aliphatic rings. The average Bonchev–Trinajstić information content (AvgIpc) is 3.02. The first kappa shape index (κ1) is 16.3. The molecular weight excluding hydrogens is 260 g/mol. The Bertz CT molecular complexity index is 410. The lowest BCUT2D eigenvalue weighted by Crippen LogP contribution is -2.53. The highest BCUT2D eigenvalue weighted by Gasteiger charge is 2.37. The van der Waals surface area contributed by atoms with E-state index in [2.05, 4.69) is 24.0 Å². The molecule has 0 bridgehead atoms. The van der Waals surface area contributed by atoms with Gasteiger partial charge in [0.25, 0.3) is 0 Å². The van der Waals surface area contributed by atoms with E-state index in [4.69, 9.17) is 10.5 Å². The second-order valence-corrected chi connectivity index (χ2v) is 6.22. The van der Waals surface area contributed by atoms with Crippen LogP contribution in [0.2, 0.25) is 0 Å². The van der Waals surface area contributed by atoms with Gasteiger partial charge in [-0.2, -0.15) is 0 Å². The van der Waals surface area contributed by atoms with Crippen LogP contribution in [0.25, 0.3) is 0 Å². The molecule has 0 radical (unpaired) electrons. The van der Waals surface area contributed by atoms with Gasteiger partial charge < -0.3 is 10.5 Å². The molecule has 0 aliphatic heterocycles. The van der Waals surface area contributed by atoms with E-state index in [1.165, 1.54) is 37.7 Å². The van der Waals surface area contributed by atoms with Crippen molar-refractivity contribution in [2.45, 2.75) is 51.0 Å². The molecule has 0 spiro atoms. The fourth-order valence-corrected chi connectivity index (χ4v) is 3.59. The maximum absolute atomic E-state index is 6.15. The van der Waals surface area contributed by atoms with E-state index in [1.807, 2.05) is 12.1 Å². The summed E-state index contributed by atoms with van der Waals surface area (Å²) >= 11 is 0. The van der Waals surface area contributed by atoms with Gasteiger partial charge in [-0.25, -0.2) is 0 Å². The molecule has 0 unspecified atom stereocenters. The maximum Gasteiger partial charge on any atom is 0.118 e. The summed E-state index contributed by atoms with van der Waals surface area (Å²) < 4.78 is 5.22. The lowest BCUT2D eigenvalue weighted by atomic mass is 9.94. The number of hydrogen-bond acceptors (Lipinski definition) is 3. The summed E-state index contributed by atoms with van der Waals surface area (Å²) in [5.74, 6) is 0.929. The number of nitrogens with zero attached hydrogens (tertiary/aromatic N) is 1. The van der Waals surface area contributed by atoms with Gasteiger partial charge in [0.15, 0.2) is 0 Å². The van der Waals surface area contributed by atoms with Gasteiger partial charge in [-0.05, 0) is 49.9 Å². The summed E-state index contributed by atoms with van der Waals surface area (Å²) in [7, 11) is 1.71. The predicted molar refractivity (Wildman–Crippen MR) is 88.8 cm³/mol. The maximum atomic E-state index is 6.15. The molecule has 3 heteroatoms. The lowest BCUT2D eigenvalue weighted by molar-refractivity contribution is 0.100. The van der Waals surface area contributed by atoms with E-state index < -0.39 is 0 Å². The third kappa shape index (κ3) is 3.98. The van der Waals surface area contributed by atoms with Crippen molar-refractivity contribution in [3.05, 3.63) is 29.8 Å². The van der Waals surface area contributed by atoms with E-state index >= 15 is 0 Å². The molecule has 0 atom stereocenters. The third-order valence-electron chi connectivity index (χ3n) is 4.91. The van der Waals surface area contributed by atoms with Gasteiger partial charge in [0.05, 0.1) is 7.11 Å². The summed E-state index contributed by atoms with van der Waals surface area (Å²) in [5, 5.41) is 0. The fourth-order valence-electron chi connectivity index (χ4n) is 3.59. The van der Waals surface area contributed by atoms with Crippen LogP contribution in [0.4, 0.5) is 0 Å². The van der Waals surface area contributed by atoms with Gasteiger partial charge in [-0.15, -0.1) is 0 Å². The largest absolute Gasteiger partial charge is 0.497 e. The van der Waals surface area contributed by atoms with Crippen LogP contribution in [-0.2, 0) is 6.42 Å². The minimum Gasteiger partial charge on any atom is -0.497 e. The Morgan fingerprint density at radius 2 is 1.81 bits per heavy atom. The Hall–Kier alpha value is -1.06. The van der Waals surface area contributed by atoms with Crippen LogP contribution in [0.3, 0.4) is 0 Å². The zero-order valence-electron chi connectivity index (χ0n) is 13.6. The van der Waals surface area contributed by atoms with Crippen molar-refractivity contribution in [1.82, 2.24) is 4.90 Å². The van der Waals surface area contributed by atoms with Gasteiger partial charge in [0.2, 0.25) is 0 Å². The molecule has 1 aliphatic carbocycles. The average molecular weight is 290 g/mol. The minimum atomic E-state index is 0.266. The lowest BCUT2D eigenvalue weighted by Gasteiger charge is -2.41. The van der Waals surface area contributed by atoms with Crippen LogP contribution in [0, 0.1) is 0 Å². The molecule has 118 valence electrons. The minimum absolute atomic E-state index is 0.266. The summed E-state index contributed by atoms with van der Waals surface area (Å²) in [6.07, 6.45) is 7.49. The standard InChI is InChI=1S/C18H30N2O/c1-3-13-20(18(15-19)11-4-5-12-18)14-10-16-6-8-17(21-2)9-7-16/h6-9H,3-5,10-15,19H2,1-2H3. The molecule has 0 aromatic heterocycles. The normalized spacial score (nSPS) is 17.3. The van der Waals surface area contributed by atoms with Crippen molar-refractivity contribution in [2.75, 3.05) is 26.7 Å². The second-order valence-electron chi connectivity index (χ2n) is 6.22. The van der Waals surface area contributed by atoms with Crippen molar-refractivity contribution in [1.29, 1.82) is 0 Å². The molecule has 21 heavy (non-hydrogen) atoms. The molecule has 0 amide bonds. The van der Waals surface area contributed by atoms with Crippen LogP contribution in [0.15, 0.2) is 24.3 Å². The number of nitrogens with two attached hydrogens (primary N) is 1. The van der Waals surface area contributed by atoms with Crippen LogP contribution < -0.4 is 10.5 Å². The highest BCUT2D eigenvalue weighted by molar-refractivity contribution is 5.27. The van der Waals surface area contributed by atoms with Gasteiger partial charge in [-0.3, -0.25) is 4.90 Å². The van der Waals surface area contributed by atoms with E-state index in [1.54, 1.807) is 7.11 Å². The number of hydrogen-bond donors (Lipinski definition) is 1. The Morgan fingerprint density at radius 1 is 1.14 bits per heavy atom. The van der Waals surface area contributed by atoms with Crippen molar-refractivity contribution in [2.24, 2.45) is 5.73 Å². The third-order valence-corrected chi connectivity index (χ3v) is 4.91. The first-order valence-electron chi connectivity index (χ1n) is 8.32. The Balaban J connectivity index is 1.98. The Labute approximate surface area is 129 Å². The zero-order valence-corrected chi connectivity index (χ0v) is 13.6. The molecule has 1 fully saturated rings. The van der Waals surface area contributed by atoms with Crippen LogP contribution >= 0.6 is 0 Å². The van der Waals surface area contributed by atoms with E-state index in [9.17, 15) is 0 Å². The smallest absolute Gasteiger partial charge is 0.118 e. The van der Waals surface area contributed by atoms with Crippen molar-refractivity contribution in [3.63, 3.8) is 0 Å². The van der Waals surface area contributed by atoms with Crippen LogP contribution in [0.5, 0.6) is 5.75 Å².